The van der Waals surface area contributed by atoms with E-state index < -0.39 is 35.9 Å². The molecular formula is C28H36N4O7. The van der Waals surface area contributed by atoms with Crippen molar-refractivity contribution >= 4 is 23.7 Å². The van der Waals surface area contributed by atoms with Crippen molar-refractivity contribution in [3.05, 3.63) is 59.7 Å². The Balaban J connectivity index is 1.68. The lowest BCUT2D eigenvalue weighted by Crippen LogP contribution is -2.56. The fraction of sp³-hybridized carbons (Fsp3) is 0.429. The Morgan fingerprint density at radius 1 is 1.03 bits per heavy atom. The van der Waals surface area contributed by atoms with E-state index in [4.69, 9.17) is 19.9 Å². The molecule has 1 aliphatic rings. The molecule has 39 heavy (non-hydrogen) atoms. The smallest absolute Gasteiger partial charge is 0.308 e. The second kappa shape index (κ2) is 14.1. The fourth-order valence-corrected chi connectivity index (χ4v) is 4.59. The van der Waals surface area contributed by atoms with Gasteiger partial charge in [0.15, 0.2) is 17.5 Å². The molecule has 1 unspecified atom stereocenters. The van der Waals surface area contributed by atoms with Crippen molar-refractivity contribution in [2.45, 2.75) is 50.3 Å². The number of amides is 2. The summed E-state index contributed by atoms with van der Waals surface area (Å²) in [7, 11) is 4.34. The molecule has 2 amide bonds. The predicted octanol–water partition coefficient (Wildman–Crippen LogP) is 1.11. The van der Waals surface area contributed by atoms with Gasteiger partial charge >= 0.3 is 5.97 Å². The van der Waals surface area contributed by atoms with Crippen LogP contribution in [0.1, 0.15) is 30.4 Å². The lowest BCUT2D eigenvalue weighted by molar-refractivity contribution is -0.148. The molecule has 2 aromatic carbocycles. The van der Waals surface area contributed by atoms with Gasteiger partial charge in [0.1, 0.15) is 6.04 Å². The first-order valence-electron chi connectivity index (χ1n) is 12.7. The van der Waals surface area contributed by atoms with Gasteiger partial charge < -0.3 is 35.7 Å². The molecule has 11 nitrogen and oxygen atoms in total. The summed E-state index contributed by atoms with van der Waals surface area (Å²) in [6.07, 6.45) is 0.424. The van der Waals surface area contributed by atoms with Crippen molar-refractivity contribution in [2.24, 2.45) is 16.6 Å². The summed E-state index contributed by atoms with van der Waals surface area (Å²) >= 11 is 0. The van der Waals surface area contributed by atoms with Crippen molar-refractivity contribution in [1.29, 1.82) is 0 Å². The predicted molar refractivity (Wildman–Crippen MR) is 144 cm³/mol. The zero-order chi connectivity index (χ0) is 28.4. The third kappa shape index (κ3) is 8.44. The molecule has 1 saturated carbocycles. The summed E-state index contributed by atoms with van der Waals surface area (Å²) in [5, 5.41) is 16.3. The molecule has 0 aromatic heterocycles. The minimum absolute atomic E-state index is 0.0338. The van der Waals surface area contributed by atoms with Gasteiger partial charge in [-0.3, -0.25) is 14.4 Å². The summed E-state index contributed by atoms with van der Waals surface area (Å²) in [5.41, 5.74) is 7.56. The summed E-state index contributed by atoms with van der Waals surface area (Å²) in [5.74, 6) is -0.878. The van der Waals surface area contributed by atoms with Crippen LogP contribution in [0.3, 0.4) is 0 Å². The lowest BCUT2D eigenvalue weighted by Gasteiger charge is -2.33. The number of carbonyl (C=O) groups excluding carboxylic acids is 3. The molecule has 3 rings (SSSR count). The standard InChI is InChI=1S/C28H36N4O7/c1-37-23-12-9-18(14-24(23)38-2)15-25(34)32-28(29)31-21(13-17-7-5-4-6-8-17)26(35)30-20-11-10-19(16-22(20)33)27(36)39-3/h4-9,12,14,19-22,33H,10-11,13,15-16H2,1-3H3,(H,30,35)(H3,29,31,32,34)/t19-,20-,21?,22-/m0/s1. The summed E-state index contributed by atoms with van der Waals surface area (Å²) < 4.78 is 15.3. The largest absolute Gasteiger partial charge is 0.493 e. The van der Waals surface area contributed by atoms with Crippen LogP contribution in [-0.2, 0) is 32.0 Å². The number of benzene rings is 2. The molecule has 0 aliphatic heterocycles. The Morgan fingerprint density at radius 2 is 1.74 bits per heavy atom. The molecule has 0 bridgehead atoms. The van der Waals surface area contributed by atoms with Crippen molar-refractivity contribution in [2.75, 3.05) is 21.3 Å². The molecule has 0 saturated heterocycles. The van der Waals surface area contributed by atoms with Crippen LogP contribution in [0.15, 0.2) is 53.5 Å². The maximum Gasteiger partial charge on any atom is 0.308 e. The lowest BCUT2D eigenvalue weighted by atomic mass is 9.83. The first-order valence-corrected chi connectivity index (χ1v) is 12.7. The topological polar surface area (TPSA) is 162 Å². The minimum atomic E-state index is -0.904. The molecule has 4 atom stereocenters. The Morgan fingerprint density at radius 3 is 2.38 bits per heavy atom. The molecule has 0 spiro atoms. The normalized spacial score (nSPS) is 19.9. The average Bonchev–Trinajstić information content (AvgIpc) is 2.93. The van der Waals surface area contributed by atoms with Crippen LogP contribution >= 0.6 is 0 Å². The van der Waals surface area contributed by atoms with E-state index in [0.29, 0.717) is 29.9 Å². The zero-order valence-electron chi connectivity index (χ0n) is 22.4. The number of rotatable bonds is 10. The van der Waals surface area contributed by atoms with E-state index in [2.05, 4.69) is 15.6 Å². The number of nitrogens with one attached hydrogen (secondary N) is 2. The van der Waals surface area contributed by atoms with E-state index in [1.165, 1.54) is 21.3 Å². The quantitative estimate of drug-likeness (QED) is 0.196. The van der Waals surface area contributed by atoms with Crippen molar-refractivity contribution in [1.82, 2.24) is 10.6 Å². The number of methoxy groups -OCH3 is 3. The van der Waals surface area contributed by atoms with Crippen molar-refractivity contribution in [3.63, 3.8) is 0 Å². The number of guanidine groups is 1. The van der Waals surface area contributed by atoms with Crippen LogP contribution in [0.5, 0.6) is 11.5 Å². The maximum atomic E-state index is 13.3. The number of aliphatic hydroxyl groups excluding tert-OH is 1. The molecule has 210 valence electrons. The molecule has 0 heterocycles. The van der Waals surface area contributed by atoms with Crippen LogP contribution in [0.25, 0.3) is 0 Å². The van der Waals surface area contributed by atoms with Gasteiger partial charge in [0.25, 0.3) is 5.91 Å². The van der Waals surface area contributed by atoms with Crippen LogP contribution in [0.4, 0.5) is 0 Å². The number of aliphatic hydroxyl groups is 1. The van der Waals surface area contributed by atoms with Gasteiger partial charge in [-0.1, -0.05) is 36.4 Å². The van der Waals surface area contributed by atoms with E-state index >= 15 is 0 Å². The van der Waals surface area contributed by atoms with E-state index in [9.17, 15) is 19.5 Å². The van der Waals surface area contributed by atoms with E-state index in [-0.39, 0.29) is 31.2 Å². The third-order valence-electron chi connectivity index (χ3n) is 6.65. The Kier molecular flexibility index (Phi) is 10.7. The van der Waals surface area contributed by atoms with Crippen LogP contribution in [0.2, 0.25) is 0 Å². The van der Waals surface area contributed by atoms with Gasteiger partial charge in [0.2, 0.25) is 5.91 Å². The SMILES string of the molecule is COC(=O)[C@H]1CC[C@H](NC(=O)C(Cc2ccccc2)NC(N)=NC(=O)Cc2ccc(OC)c(OC)c2)[C@@H](O)C1. The average molecular weight is 541 g/mol. The first-order chi connectivity index (χ1) is 18.7. The Hall–Kier alpha value is -4.12. The highest BCUT2D eigenvalue weighted by molar-refractivity contribution is 5.96. The highest BCUT2D eigenvalue weighted by atomic mass is 16.5. The van der Waals surface area contributed by atoms with Crippen molar-refractivity contribution < 1.29 is 33.7 Å². The number of esters is 1. The Bertz CT molecular complexity index is 1170. The monoisotopic (exact) mass is 540 g/mol. The molecule has 1 aliphatic carbocycles. The molecule has 2 aromatic rings. The number of aliphatic imine (C=N–C) groups is 1. The Labute approximate surface area is 227 Å². The second-order valence-corrected chi connectivity index (χ2v) is 9.36. The van der Waals surface area contributed by atoms with Crippen LogP contribution < -0.4 is 25.8 Å². The van der Waals surface area contributed by atoms with Gasteiger partial charge in [0, 0.05) is 6.42 Å². The van der Waals surface area contributed by atoms with E-state index in [1.807, 2.05) is 30.3 Å². The third-order valence-corrected chi connectivity index (χ3v) is 6.65. The highest BCUT2D eigenvalue weighted by Gasteiger charge is 2.35. The van der Waals surface area contributed by atoms with Crippen molar-refractivity contribution in [3.8, 4) is 11.5 Å². The number of hydrogen-bond acceptors (Lipinski definition) is 7. The van der Waals surface area contributed by atoms with Crippen LogP contribution in [0, 0.1) is 5.92 Å². The first kappa shape index (κ1) is 29.4. The van der Waals surface area contributed by atoms with Gasteiger partial charge in [-0.05, 0) is 42.5 Å². The van der Waals surface area contributed by atoms with Gasteiger partial charge in [0.05, 0.1) is 45.8 Å². The van der Waals surface area contributed by atoms with E-state index in [1.54, 1.807) is 18.2 Å². The van der Waals surface area contributed by atoms with Gasteiger partial charge in [-0.15, -0.1) is 0 Å². The number of carbonyl (C=O) groups is 3. The van der Waals surface area contributed by atoms with Gasteiger partial charge in [-0.2, -0.15) is 4.99 Å². The molecular weight excluding hydrogens is 504 g/mol. The highest BCUT2D eigenvalue weighted by Crippen LogP contribution is 2.28. The molecule has 0 radical (unpaired) electrons. The van der Waals surface area contributed by atoms with Crippen LogP contribution in [-0.4, -0.2) is 68.4 Å². The number of ether oxygens (including phenoxy) is 3. The zero-order valence-corrected chi connectivity index (χ0v) is 22.4. The molecule has 11 heteroatoms. The van der Waals surface area contributed by atoms with Gasteiger partial charge in [-0.25, -0.2) is 0 Å². The fourth-order valence-electron chi connectivity index (χ4n) is 4.59. The maximum absolute atomic E-state index is 13.3. The summed E-state index contributed by atoms with van der Waals surface area (Å²) in [6.45, 7) is 0. The minimum Gasteiger partial charge on any atom is -0.493 e. The molecule has 1 fully saturated rings. The number of nitrogens with two attached hydrogens (primary N) is 1. The number of nitrogens with zero attached hydrogens (tertiary/aromatic N) is 1. The molecule has 5 N–H and O–H groups in total. The number of hydrogen-bond donors (Lipinski definition) is 4. The summed E-state index contributed by atoms with van der Waals surface area (Å²) in [6, 6.07) is 13.0. The summed E-state index contributed by atoms with van der Waals surface area (Å²) in [4.78, 5) is 41.7. The van der Waals surface area contributed by atoms with E-state index in [0.717, 1.165) is 5.56 Å². The second-order valence-electron chi connectivity index (χ2n) is 9.36.